The van der Waals surface area contributed by atoms with Gasteiger partial charge < -0.3 is 0 Å². The average Bonchev–Trinajstić information content (AvgIpc) is 3.11. The van der Waals surface area contributed by atoms with Crippen LogP contribution in [0.15, 0.2) is 97.3 Å². The lowest BCUT2D eigenvalue weighted by Crippen LogP contribution is -2.63. The van der Waals surface area contributed by atoms with Gasteiger partial charge in [0.2, 0.25) is 11.4 Å². The van der Waals surface area contributed by atoms with Crippen LogP contribution in [0.4, 0.5) is 4.39 Å². The van der Waals surface area contributed by atoms with E-state index < -0.39 is 5.41 Å². The molecular formula is C46H49FN2+2. The summed E-state index contributed by atoms with van der Waals surface area (Å²) in [5.74, 6) is 0.138. The van der Waals surface area contributed by atoms with Crippen molar-refractivity contribution in [2.24, 2.45) is 0 Å². The highest BCUT2D eigenvalue weighted by atomic mass is 19.1. The Bertz CT molecular complexity index is 2260. The van der Waals surface area contributed by atoms with Gasteiger partial charge in [0.15, 0.2) is 17.9 Å². The lowest BCUT2D eigenvalue weighted by atomic mass is 9.62. The number of pyridine rings is 2. The Hall–Kier alpha value is -4.37. The summed E-state index contributed by atoms with van der Waals surface area (Å²) in [5.41, 5.74) is 10.5. The third-order valence-corrected chi connectivity index (χ3v) is 12.4. The van der Waals surface area contributed by atoms with E-state index in [2.05, 4.69) is 142 Å². The maximum atomic E-state index is 16.4. The normalized spacial score (nSPS) is 16.8. The standard InChI is InChI=1S/C46H49FN2/c1-7-10-16-31-28-33-23-27-49-44-40(33)38(29-31)45(5,6)42-39(47)21-20-36(41(42)44)37(46(49,8-2)9-3)24-26-48-25-22-32-17-12-14-19-35(32)43(48)34-18-13-11-15-30(34)4/h11-15,17-23,25,27-29,37H,7-10,16,24,26H2,1-6H3/q+2. The van der Waals surface area contributed by atoms with Crippen LogP contribution in [0.3, 0.4) is 0 Å². The zero-order valence-corrected chi connectivity index (χ0v) is 30.0. The predicted molar refractivity (Wildman–Crippen MR) is 201 cm³/mol. The quantitative estimate of drug-likeness (QED) is 0.138. The van der Waals surface area contributed by atoms with Gasteiger partial charge in [0.05, 0.1) is 22.3 Å². The molecule has 0 fully saturated rings. The monoisotopic (exact) mass is 648 g/mol. The van der Waals surface area contributed by atoms with Crippen molar-refractivity contribution in [3.05, 3.63) is 131 Å². The van der Waals surface area contributed by atoms with Gasteiger partial charge in [-0.25, -0.2) is 4.39 Å². The number of aromatic nitrogens is 2. The molecule has 2 aliphatic rings. The maximum Gasteiger partial charge on any atom is 0.221 e. The van der Waals surface area contributed by atoms with Crippen molar-refractivity contribution in [3.8, 4) is 22.5 Å². The Morgan fingerprint density at radius 2 is 1.55 bits per heavy atom. The molecule has 0 spiro atoms. The fourth-order valence-corrected chi connectivity index (χ4v) is 9.81. The summed E-state index contributed by atoms with van der Waals surface area (Å²) in [4.78, 5) is 0. The molecule has 8 rings (SSSR count). The van der Waals surface area contributed by atoms with Gasteiger partial charge in [0, 0.05) is 47.9 Å². The molecule has 49 heavy (non-hydrogen) atoms. The van der Waals surface area contributed by atoms with E-state index >= 15 is 4.39 Å². The van der Waals surface area contributed by atoms with Crippen LogP contribution in [-0.2, 0) is 23.9 Å². The van der Waals surface area contributed by atoms with Crippen LogP contribution in [0.1, 0.15) is 100 Å². The fraction of sp³-hybridized carbons (Fsp3) is 0.348. The third kappa shape index (κ3) is 4.64. The van der Waals surface area contributed by atoms with Gasteiger partial charge in [-0.3, -0.25) is 0 Å². The molecule has 2 aromatic heterocycles. The lowest BCUT2D eigenvalue weighted by Gasteiger charge is -2.44. The summed E-state index contributed by atoms with van der Waals surface area (Å²) in [7, 11) is 0. The number of unbranched alkanes of at least 4 members (excludes halogenated alkanes) is 1. The molecule has 1 unspecified atom stereocenters. The molecule has 2 nitrogen and oxygen atoms in total. The van der Waals surface area contributed by atoms with Crippen molar-refractivity contribution in [3.63, 3.8) is 0 Å². The molecule has 1 atom stereocenters. The minimum atomic E-state index is -0.448. The van der Waals surface area contributed by atoms with Crippen molar-refractivity contribution >= 4 is 21.5 Å². The first kappa shape index (κ1) is 31.9. The van der Waals surface area contributed by atoms with Crippen molar-refractivity contribution in [1.82, 2.24) is 0 Å². The van der Waals surface area contributed by atoms with Crippen molar-refractivity contribution in [2.75, 3.05) is 0 Å². The van der Waals surface area contributed by atoms with E-state index in [1.165, 1.54) is 67.2 Å². The number of fused-ring (bicyclic) bond motifs is 1. The number of hydrogen-bond donors (Lipinski definition) is 0. The van der Waals surface area contributed by atoms with Crippen molar-refractivity contribution in [2.45, 2.75) is 103 Å². The molecule has 1 aliphatic heterocycles. The van der Waals surface area contributed by atoms with Crippen LogP contribution < -0.4 is 9.13 Å². The highest BCUT2D eigenvalue weighted by Crippen LogP contribution is 2.56. The molecule has 1 aliphatic carbocycles. The summed E-state index contributed by atoms with van der Waals surface area (Å²) < 4.78 is 21.5. The molecule has 6 aromatic rings. The van der Waals surface area contributed by atoms with Gasteiger partial charge in [-0.2, -0.15) is 9.13 Å². The first-order chi connectivity index (χ1) is 23.7. The second kappa shape index (κ2) is 11.9. The van der Waals surface area contributed by atoms with Gasteiger partial charge in [-0.1, -0.05) is 95.6 Å². The average molecular weight is 649 g/mol. The maximum absolute atomic E-state index is 16.4. The zero-order chi connectivity index (χ0) is 34.1. The second-order valence-corrected chi connectivity index (χ2v) is 15.2. The molecule has 0 saturated carbocycles. The number of hydrogen-bond acceptors (Lipinski definition) is 0. The topological polar surface area (TPSA) is 7.76 Å². The van der Waals surface area contributed by atoms with Crippen LogP contribution in [0.2, 0.25) is 0 Å². The summed E-state index contributed by atoms with van der Waals surface area (Å²) in [6, 6.07) is 30.9. The van der Waals surface area contributed by atoms with Crippen LogP contribution in [-0.4, -0.2) is 0 Å². The van der Waals surface area contributed by atoms with E-state index in [9.17, 15) is 0 Å². The Balaban J connectivity index is 1.34. The Morgan fingerprint density at radius 1 is 0.796 bits per heavy atom. The first-order valence-electron chi connectivity index (χ1n) is 18.6. The van der Waals surface area contributed by atoms with E-state index in [4.69, 9.17) is 0 Å². The Morgan fingerprint density at radius 3 is 2.33 bits per heavy atom. The second-order valence-electron chi connectivity index (χ2n) is 15.2. The summed E-state index contributed by atoms with van der Waals surface area (Å²) >= 11 is 0. The van der Waals surface area contributed by atoms with Crippen molar-refractivity contribution < 1.29 is 13.5 Å². The smallest absolute Gasteiger partial charge is 0.207 e. The molecule has 0 amide bonds. The van der Waals surface area contributed by atoms with Gasteiger partial charge in [0.1, 0.15) is 12.4 Å². The molecule has 248 valence electrons. The number of rotatable bonds is 9. The van der Waals surface area contributed by atoms with Crippen molar-refractivity contribution in [1.29, 1.82) is 0 Å². The number of nitrogens with zero attached hydrogens (tertiary/aromatic N) is 2. The highest BCUT2D eigenvalue weighted by Gasteiger charge is 2.55. The molecular weight excluding hydrogens is 600 g/mol. The Kier molecular flexibility index (Phi) is 7.74. The van der Waals surface area contributed by atoms with E-state index in [0.717, 1.165) is 49.8 Å². The van der Waals surface area contributed by atoms with E-state index in [1.54, 1.807) is 6.07 Å². The Labute approximate surface area is 291 Å². The number of aryl methyl sites for hydroxylation is 3. The molecule has 0 bridgehead atoms. The van der Waals surface area contributed by atoms with Crippen LogP contribution >= 0.6 is 0 Å². The van der Waals surface area contributed by atoms with E-state index in [0.29, 0.717) is 0 Å². The fourth-order valence-electron chi connectivity index (χ4n) is 9.81. The zero-order valence-electron chi connectivity index (χ0n) is 30.0. The summed E-state index contributed by atoms with van der Waals surface area (Å²) in [5, 5.41) is 5.14. The van der Waals surface area contributed by atoms with Crippen LogP contribution in [0, 0.1) is 12.7 Å². The highest BCUT2D eigenvalue weighted by molar-refractivity contribution is 6.01. The van der Waals surface area contributed by atoms with Crippen LogP contribution in [0.25, 0.3) is 44.1 Å². The molecule has 4 aromatic carbocycles. The van der Waals surface area contributed by atoms with Gasteiger partial charge >= 0.3 is 0 Å². The van der Waals surface area contributed by atoms with Gasteiger partial charge in [-0.05, 0) is 71.0 Å². The molecule has 3 heterocycles. The van der Waals surface area contributed by atoms with Gasteiger partial charge in [-0.15, -0.1) is 0 Å². The first-order valence-corrected chi connectivity index (χ1v) is 18.6. The van der Waals surface area contributed by atoms with Gasteiger partial charge in [0.25, 0.3) is 0 Å². The SMILES string of the molecule is CCCCc1cc2c3c4[n+](ccc3c1)C(CC)(CC)C(CC[n+]1ccc3ccccc3c1-c1ccccc1C)c1ccc(F)c(c1-4)C2(C)C. The number of halogens is 1. The number of benzene rings is 4. The lowest BCUT2D eigenvalue weighted by molar-refractivity contribution is -0.764. The van der Waals surface area contributed by atoms with E-state index in [-0.39, 0.29) is 17.3 Å². The molecule has 3 heteroatoms. The summed E-state index contributed by atoms with van der Waals surface area (Å²) in [6.07, 6.45) is 11.0. The minimum absolute atomic E-state index is 0.0816. The molecule has 0 radical (unpaired) electrons. The van der Waals surface area contributed by atoms with Crippen LogP contribution in [0.5, 0.6) is 0 Å². The van der Waals surface area contributed by atoms with E-state index in [1.807, 2.05) is 0 Å². The summed E-state index contributed by atoms with van der Waals surface area (Å²) in [6.45, 7) is 14.6. The largest absolute Gasteiger partial charge is 0.221 e. The third-order valence-electron chi connectivity index (χ3n) is 12.4. The predicted octanol–water partition coefficient (Wildman–Crippen LogP) is 11.0. The minimum Gasteiger partial charge on any atom is -0.207 e. The molecule has 0 N–H and O–H groups in total. The molecule has 0 saturated heterocycles.